The van der Waals surface area contributed by atoms with E-state index >= 15 is 0 Å². The highest BCUT2D eigenvalue weighted by atomic mass is 35.5. The van der Waals surface area contributed by atoms with E-state index in [-0.39, 0.29) is 17.3 Å². The molecule has 2 aromatic carbocycles. The van der Waals surface area contributed by atoms with E-state index in [0.717, 1.165) is 15.9 Å². The first-order chi connectivity index (χ1) is 13.4. The van der Waals surface area contributed by atoms with Gasteiger partial charge in [-0.25, -0.2) is 5.43 Å². The van der Waals surface area contributed by atoms with Gasteiger partial charge in [0.1, 0.15) is 11.6 Å². The Morgan fingerprint density at radius 1 is 1.36 bits per heavy atom. The fraction of sp³-hybridized carbons (Fsp3) is 0.118. The Balaban J connectivity index is 1.61. The molecule has 1 amide bonds. The summed E-state index contributed by atoms with van der Waals surface area (Å²) < 4.78 is 0. The van der Waals surface area contributed by atoms with Gasteiger partial charge in [0.15, 0.2) is 0 Å². The van der Waals surface area contributed by atoms with Gasteiger partial charge >= 0.3 is 0 Å². The molecule has 0 atom stereocenters. The van der Waals surface area contributed by atoms with Crippen LogP contribution in [0.15, 0.2) is 47.6 Å². The Bertz CT molecular complexity index is 1060. The zero-order valence-electron chi connectivity index (χ0n) is 14.6. The van der Waals surface area contributed by atoms with Crippen molar-refractivity contribution in [3.63, 3.8) is 0 Å². The minimum Gasteiger partial charge on any atom is -0.271 e. The van der Waals surface area contributed by atoms with Gasteiger partial charge < -0.3 is 0 Å². The van der Waals surface area contributed by atoms with Crippen LogP contribution in [0.2, 0.25) is 5.02 Å². The smallest absolute Gasteiger partial charge is 0.271 e. The predicted molar refractivity (Wildman–Crippen MR) is 102 cm³/mol. The average molecular weight is 400 g/mol. The van der Waals surface area contributed by atoms with Crippen LogP contribution in [-0.2, 0) is 11.3 Å². The Morgan fingerprint density at radius 2 is 2.14 bits per heavy atom. The summed E-state index contributed by atoms with van der Waals surface area (Å²) >= 11 is 5.74. The van der Waals surface area contributed by atoms with E-state index in [9.17, 15) is 14.9 Å². The quantitative estimate of drug-likeness (QED) is 0.385. The number of hydrazone groups is 1. The van der Waals surface area contributed by atoms with Crippen LogP contribution in [0.5, 0.6) is 0 Å². The van der Waals surface area contributed by atoms with Crippen molar-refractivity contribution in [2.45, 2.75) is 13.5 Å². The van der Waals surface area contributed by atoms with Crippen LogP contribution in [0.1, 0.15) is 11.1 Å². The van der Waals surface area contributed by atoms with Gasteiger partial charge in [-0.2, -0.15) is 9.90 Å². The fourth-order valence-corrected chi connectivity index (χ4v) is 2.52. The molecule has 0 aliphatic heterocycles. The summed E-state index contributed by atoms with van der Waals surface area (Å²) in [5.74, 6) is -0.0590. The van der Waals surface area contributed by atoms with Crippen LogP contribution in [0.3, 0.4) is 0 Å². The summed E-state index contributed by atoms with van der Waals surface area (Å²) in [4.78, 5) is 23.4. The number of nitrogens with zero attached hydrogens (tertiary/aromatic N) is 6. The highest BCUT2D eigenvalue weighted by molar-refractivity contribution is 6.32. The number of benzene rings is 2. The molecule has 28 heavy (non-hydrogen) atoms. The van der Waals surface area contributed by atoms with Crippen LogP contribution in [0, 0.1) is 17.0 Å². The molecular weight excluding hydrogens is 386 g/mol. The molecule has 1 heterocycles. The first-order valence-electron chi connectivity index (χ1n) is 8.03. The first kappa shape index (κ1) is 19.1. The minimum atomic E-state index is -0.597. The van der Waals surface area contributed by atoms with Crippen LogP contribution in [0.25, 0.3) is 11.4 Å². The monoisotopic (exact) mass is 399 g/mol. The van der Waals surface area contributed by atoms with E-state index in [1.165, 1.54) is 18.3 Å². The third kappa shape index (κ3) is 4.54. The van der Waals surface area contributed by atoms with Gasteiger partial charge in [-0.15, -0.1) is 10.2 Å². The number of aryl methyl sites for hydroxylation is 1. The maximum atomic E-state index is 12.0. The topological polar surface area (TPSA) is 128 Å². The molecule has 0 spiro atoms. The molecule has 0 aliphatic carbocycles. The molecule has 10 nitrogen and oxygen atoms in total. The van der Waals surface area contributed by atoms with Crippen molar-refractivity contribution in [2.24, 2.45) is 5.10 Å². The number of halogens is 1. The van der Waals surface area contributed by atoms with Crippen molar-refractivity contribution >= 4 is 29.4 Å². The molecule has 0 radical (unpaired) electrons. The van der Waals surface area contributed by atoms with Crippen molar-refractivity contribution in [2.75, 3.05) is 0 Å². The number of rotatable bonds is 6. The predicted octanol–water partition coefficient (Wildman–Crippen LogP) is 2.36. The third-order valence-corrected chi connectivity index (χ3v) is 4.01. The second-order valence-electron chi connectivity index (χ2n) is 5.72. The SMILES string of the molecule is Cc1ccccc1-c1nnn(CC(=O)N/N=C\c2ccc(Cl)c([N+](=O)[O-])c2)n1. The number of carbonyl (C=O) groups excluding carboxylic acids is 1. The number of hydrogen-bond acceptors (Lipinski definition) is 7. The van der Waals surface area contributed by atoms with Crippen LogP contribution in [-0.4, -0.2) is 37.3 Å². The summed E-state index contributed by atoms with van der Waals surface area (Å²) in [5, 5.41) is 26.6. The second-order valence-corrected chi connectivity index (χ2v) is 6.13. The molecule has 142 valence electrons. The normalized spacial score (nSPS) is 10.9. The third-order valence-electron chi connectivity index (χ3n) is 3.69. The van der Waals surface area contributed by atoms with Crippen LogP contribution in [0.4, 0.5) is 5.69 Å². The molecule has 0 saturated heterocycles. The van der Waals surface area contributed by atoms with Gasteiger partial charge in [0.05, 0.1) is 11.1 Å². The Morgan fingerprint density at radius 3 is 2.89 bits per heavy atom. The number of aromatic nitrogens is 4. The molecule has 3 rings (SSSR count). The lowest BCUT2D eigenvalue weighted by Crippen LogP contribution is -2.24. The van der Waals surface area contributed by atoms with E-state index in [4.69, 9.17) is 11.6 Å². The zero-order chi connectivity index (χ0) is 20.1. The first-order valence-corrected chi connectivity index (χ1v) is 8.41. The molecule has 0 unspecified atom stereocenters. The largest absolute Gasteiger partial charge is 0.288 e. The van der Waals surface area contributed by atoms with E-state index in [1.54, 1.807) is 6.07 Å². The van der Waals surface area contributed by atoms with E-state index in [0.29, 0.717) is 11.4 Å². The Labute approximate surface area is 164 Å². The lowest BCUT2D eigenvalue weighted by Gasteiger charge is -2.00. The van der Waals surface area contributed by atoms with Gasteiger partial charge in [-0.05, 0) is 23.8 Å². The lowest BCUT2D eigenvalue weighted by atomic mass is 10.1. The number of tetrazole rings is 1. The van der Waals surface area contributed by atoms with Gasteiger partial charge in [-0.1, -0.05) is 41.9 Å². The Kier molecular flexibility index (Phi) is 5.70. The van der Waals surface area contributed by atoms with Crippen molar-refractivity contribution in [3.05, 3.63) is 68.7 Å². The number of nitro groups is 1. The molecule has 0 bridgehead atoms. The molecular formula is C17H14ClN7O3. The molecule has 0 saturated carbocycles. The maximum absolute atomic E-state index is 12.0. The summed E-state index contributed by atoms with van der Waals surface area (Å²) in [7, 11) is 0. The summed E-state index contributed by atoms with van der Waals surface area (Å²) in [5.41, 5.74) is 4.30. The van der Waals surface area contributed by atoms with E-state index < -0.39 is 10.8 Å². The summed E-state index contributed by atoms with van der Waals surface area (Å²) in [6.45, 7) is 1.75. The van der Waals surface area contributed by atoms with Crippen LogP contribution >= 0.6 is 11.6 Å². The standard InChI is InChI=1S/C17H14ClN7O3/c1-11-4-2-3-5-13(11)17-21-23-24(22-17)10-16(26)20-19-9-12-6-7-14(18)15(8-12)25(27)28/h2-9H,10H2,1H3,(H,20,26)/b19-9-. The average Bonchev–Trinajstić information content (AvgIpc) is 3.11. The van der Waals surface area contributed by atoms with Gasteiger partial charge in [0.2, 0.25) is 5.82 Å². The highest BCUT2D eigenvalue weighted by Gasteiger charge is 2.12. The highest BCUT2D eigenvalue weighted by Crippen LogP contribution is 2.24. The van der Waals surface area contributed by atoms with Crippen molar-refractivity contribution in [1.29, 1.82) is 0 Å². The number of nitro benzene ring substituents is 1. The summed E-state index contributed by atoms with van der Waals surface area (Å²) in [6.07, 6.45) is 1.27. The van der Waals surface area contributed by atoms with Crippen molar-refractivity contribution in [3.8, 4) is 11.4 Å². The zero-order valence-corrected chi connectivity index (χ0v) is 15.4. The Hall–Kier alpha value is -3.66. The van der Waals surface area contributed by atoms with Gasteiger partial charge in [-0.3, -0.25) is 14.9 Å². The maximum Gasteiger partial charge on any atom is 0.288 e. The molecule has 0 fully saturated rings. The van der Waals surface area contributed by atoms with Crippen LogP contribution < -0.4 is 5.43 Å². The van der Waals surface area contributed by atoms with Crippen molar-refractivity contribution in [1.82, 2.24) is 25.6 Å². The van der Waals surface area contributed by atoms with Gasteiger partial charge in [0.25, 0.3) is 11.6 Å². The number of carbonyl (C=O) groups is 1. The van der Waals surface area contributed by atoms with E-state index in [1.807, 2.05) is 31.2 Å². The second kappa shape index (κ2) is 8.35. The number of hydrogen-bond donors (Lipinski definition) is 1. The van der Waals surface area contributed by atoms with Gasteiger partial charge in [0, 0.05) is 17.2 Å². The minimum absolute atomic E-state index is 0.0212. The molecule has 1 N–H and O–H groups in total. The molecule has 3 aromatic rings. The van der Waals surface area contributed by atoms with E-state index in [2.05, 4.69) is 25.9 Å². The van der Waals surface area contributed by atoms with Crippen molar-refractivity contribution < 1.29 is 9.72 Å². The summed E-state index contributed by atoms with van der Waals surface area (Å²) in [6, 6.07) is 11.7. The lowest BCUT2D eigenvalue weighted by molar-refractivity contribution is -0.384. The number of amides is 1. The fourth-order valence-electron chi connectivity index (χ4n) is 2.33. The number of nitrogens with one attached hydrogen (secondary N) is 1. The molecule has 1 aromatic heterocycles. The molecule has 11 heteroatoms. The molecule has 0 aliphatic rings.